The van der Waals surface area contributed by atoms with Crippen LogP contribution in [-0.4, -0.2) is 4.98 Å². The first kappa shape index (κ1) is 12.4. The number of nitrogens with zero attached hydrogens (tertiary/aromatic N) is 1. The van der Waals surface area contributed by atoms with Gasteiger partial charge in [-0.1, -0.05) is 36.5 Å². The van der Waals surface area contributed by atoms with Crippen molar-refractivity contribution in [1.29, 1.82) is 0 Å². The van der Waals surface area contributed by atoms with Gasteiger partial charge in [0.1, 0.15) is 0 Å². The smallest absolute Gasteiger partial charge is 0.0907 e. The Kier molecular flexibility index (Phi) is 3.93. The zero-order valence-electron chi connectivity index (χ0n) is 8.73. The van der Waals surface area contributed by atoms with Crippen molar-refractivity contribution < 1.29 is 0 Å². The monoisotopic (exact) mass is 365 g/mol. The minimum Gasteiger partial charge on any atom is -0.251 e. The summed E-state index contributed by atoms with van der Waals surface area (Å²) < 4.78 is 1.07. The van der Waals surface area contributed by atoms with Gasteiger partial charge in [0.25, 0.3) is 0 Å². The normalized spacial score (nSPS) is 11.0. The SMILES string of the molecule is CCCc1cc(Cl)c2cc(I)cc(Cl)c2n1. The van der Waals surface area contributed by atoms with Gasteiger partial charge in [0.15, 0.2) is 0 Å². The van der Waals surface area contributed by atoms with Crippen molar-refractivity contribution in [3.8, 4) is 0 Å². The van der Waals surface area contributed by atoms with Gasteiger partial charge in [0.2, 0.25) is 0 Å². The van der Waals surface area contributed by atoms with E-state index in [-0.39, 0.29) is 0 Å². The van der Waals surface area contributed by atoms with E-state index in [9.17, 15) is 0 Å². The third kappa shape index (κ3) is 2.44. The zero-order chi connectivity index (χ0) is 11.7. The maximum absolute atomic E-state index is 6.24. The van der Waals surface area contributed by atoms with Gasteiger partial charge in [-0.15, -0.1) is 0 Å². The predicted octanol–water partition coefficient (Wildman–Crippen LogP) is 5.10. The molecule has 2 aromatic rings. The van der Waals surface area contributed by atoms with Crippen LogP contribution in [0.4, 0.5) is 0 Å². The van der Waals surface area contributed by atoms with Crippen LogP contribution in [0.15, 0.2) is 18.2 Å². The van der Waals surface area contributed by atoms with Crippen molar-refractivity contribution in [3.63, 3.8) is 0 Å². The number of benzene rings is 1. The van der Waals surface area contributed by atoms with Gasteiger partial charge in [0.05, 0.1) is 15.6 Å². The molecule has 0 aliphatic rings. The second kappa shape index (κ2) is 5.07. The Labute approximate surface area is 118 Å². The highest BCUT2D eigenvalue weighted by molar-refractivity contribution is 14.1. The highest BCUT2D eigenvalue weighted by Crippen LogP contribution is 2.30. The average Bonchev–Trinajstić information content (AvgIpc) is 2.20. The summed E-state index contributed by atoms with van der Waals surface area (Å²) in [5.41, 5.74) is 1.81. The minimum absolute atomic E-state index is 0.668. The maximum Gasteiger partial charge on any atom is 0.0907 e. The Morgan fingerprint density at radius 1 is 1.19 bits per heavy atom. The van der Waals surface area contributed by atoms with Crippen molar-refractivity contribution in [1.82, 2.24) is 4.98 Å². The molecule has 1 heterocycles. The number of hydrogen-bond acceptors (Lipinski definition) is 1. The summed E-state index contributed by atoms with van der Waals surface area (Å²) in [5.74, 6) is 0. The molecule has 0 bridgehead atoms. The molecule has 4 heteroatoms. The van der Waals surface area contributed by atoms with Crippen molar-refractivity contribution in [2.45, 2.75) is 19.8 Å². The van der Waals surface area contributed by atoms with Crippen LogP contribution in [-0.2, 0) is 6.42 Å². The van der Waals surface area contributed by atoms with E-state index in [1.54, 1.807) is 0 Å². The third-order valence-corrected chi connectivity index (χ3v) is 3.56. The Morgan fingerprint density at radius 3 is 2.62 bits per heavy atom. The summed E-state index contributed by atoms with van der Waals surface area (Å²) in [6.45, 7) is 2.12. The van der Waals surface area contributed by atoms with Gasteiger partial charge in [0, 0.05) is 14.7 Å². The Morgan fingerprint density at radius 2 is 1.94 bits per heavy atom. The van der Waals surface area contributed by atoms with E-state index in [4.69, 9.17) is 23.2 Å². The number of halogens is 3. The molecule has 0 aliphatic heterocycles. The molecule has 2 rings (SSSR count). The van der Waals surface area contributed by atoms with E-state index in [0.29, 0.717) is 5.02 Å². The molecule has 0 aliphatic carbocycles. The predicted molar refractivity (Wildman–Crippen MR) is 78.5 cm³/mol. The van der Waals surface area contributed by atoms with Crippen LogP contribution in [0.3, 0.4) is 0 Å². The van der Waals surface area contributed by atoms with Crippen molar-refractivity contribution in [2.75, 3.05) is 0 Å². The number of aryl methyl sites for hydroxylation is 1. The van der Waals surface area contributed by atoms with Crippen molar-refractivity contribution >= 4 is 56.7 Å². The molecule has 0 unspecified atom stereocenters. The number of pyridine rings is 1. The van der Waals surface area contributed by atoms with Gasteiger partial charge in [-0.3, -0.25) is 4.98 Å². The van der Waals surface area contributed by atoms with Crippen molar-refractivity contribution in [2.24, 2.45) is 0 Å². The lowest BCUT2D eigenvalue weighted by Crippen LogP contribution is -1.92. The summed E-state index contributed by atoms with van der Waals surface area (Å²) in [5, 5.41) is 2.33. The van der Waals surface area contributed by atoms with E-state index in [1.807, 2.05) is 18.2 Å². The first-order chi connectivity index (χ1) is 7.61. The lowest BCUT2D eigenvalue weighted by atomic mass is 10.1. The summed E-state index contributed by atoms with van der Waals surface area (Å²) in [6.07, 6.45) is 1.98. The van der Waals surface area contributed by atoms with Gasteiger partial charge >= 0.3 is 0 Å². The standard InChI is InChI=1S/C12H10Cl2IN/c1-2-3-8-6-10(13)9-4-7(15)5-11(14)12(9)16-8/h4-6H,2-3H2,1H3. The quantitative estimate of drug-likeness (QED) is 0.675. The molecule has 1 aromatic carbocycles. The molecule has 0 spiro atoms. The van der Waals surface area contributed by atoms with Crippen LogP contribution < -0.4 is 0 Å². The Hall–Kier alpha value is -0.0600. The summed E-state index contributed by atoms with van der Waals surface area (Å²) >= 11 is 14.6. The summed E-state index contributed by atoms with van der Waals surface area (Å²) in [7, 11) is 0. The number of aromatic nitrogens is 1. The fourth-order valence-corrected chi connectivity index (χ4v) is 2.98. The topological polar surface area (TPSA) is 12.9 Å². The fourth-order valence-electron chi connectivity index (χ4n) is 1.65. The molecule has 84 valence electrons. The highest BCUT2D eigenvalue weighted by Gasteiger charge is 2.08. The molecule has 1 aromatic heterocycles. The second-order valence-corrected chi connectivity index (χ2v) is 5.69. The molecular formula is C12H10Cl2IN. The minimum atomic E-state index is 0.668. The van der Waals surface area contributed by atoms with Gasteiger partial charge in [-0.05, 0) is 47.2 Å². The zero-order valence-corrected chi connectivity index (χ0v) is 12.4. The van der Waals surface area contributed by atoms with Crippen LogP contribution in [0.2, 0.25) is 10.0 Å². The second-order valence-electron chi connectivity index (χ2n) is 3.63. The van der Waals surface area contributed by atoms with Crippen molar-refractivity contribution in [3.05, 3.63) is 37.5 Å². The number of hydrogen-bond donors (Lipinski definition) is 0. The first-order valence-electron chi connectivity index (χ1n) is 5.06. The molecule has 0 amide bonds. The van der Waals surface area contributed by atoms with E-state index >= 15 is 0 Å². The molecule has 0 saturated heterocycles. The third-order valence-electron chi connectivity index (χ3n) is 2.34. The lowest BCUT2D eigenvalue weighted by Gasteiger charge is -2.06. The number of fused-ring (bicyclic) bond motifs is 1. The van der Waals surface area contributed by atoms with Crippen LogP contribution in [0, 0.1) is 3.57 Å². The van der Waals surface area contributed by atoms with Crippen LogP contribution in [0.5, 0.6) is 0 Å². The van der Waals surface area contributed by atoms with E-state index in [2.05, 4.69) is 34.5 Å². The molecule has 1 nitrogen and oxygen atoms in total. The molecular weight excluding hydrogens is 356 g/mol. The molecule has 16 heavy (non-hydrogen) atoms. The van der Waals surface area contributed by atoms with E-state index in [0.717, 1.165) is 38.0 Å². The first-order valence-corrected chi connectivity index (χ1v) is 6.89. The molecule has 0 saturated carbocycles. The molecule has 0 fully saturated rings. The van der Waals surface area contributed by atoms with Gasteiger partial charge in [-0.25, -0.2) is 0 Å². The van der Waals surface area contributed by atoms with E-state index in [1.165, 1.54) is 0 Å². The van der Waals surface area contributed by atoms with Crippen LogP contribution in [0.25, 0.3) is 10.9 Å². The van der Waals surface area contributed by atoms with Gasteiger partial charge in [-0.2, -0.15) is 0 Å². The van der Waals surface area contributed by atoms with Crippen LogP contribution in [0.1, 0.15) is 19.0 Å². The summed E-state index contributed by atoms with van der Waals surface area (Å²) in [6, 6.07) is 5.84. The Balaban J connectivity index is 2.71. The number of rotatable bonds is 2. The lowest BCUT2D eigenvalue weighted by molar-refractivity contribution is 0.890. The molecule has 0 N–H and O–H groups in total. The maximum atomic E-state index is 6.24. The molecule has 0 radical (unpaired) electrons. The summed E-state index contributed by atoms with van der Waals surface area (Å²) in [4.78, 5) is 4.55. The molecule has 0 atom stereocenters. The van der Waals surface area contributed by atoms with Gasteiger partial charge < -0.3 is 0 Å². The highest BCUT2D eigenvalue weighted by atomic mass is 127. The average molecular weight is 366 g/mol. The van der Waals surface area contributed by atoms with E-state index < -0.39 is 0 Å². The van der Waals surface area contributed by atoms with Crippen LogP contribution >= 0.6 is 45.8 Å². The fraction of sp³-hybridized carbons (Fsp3) is 0.250. The largest absolute Gasteiger partial charge is 0.251 e. The Bertz CT molecular complexity index is 540.